The monoisotopic (exact) mass is 406 g/mol. The molecule has 27 heavy (non-hydrogen) atoms. The summed E-state index contributed by atoms with van der Waals surface area (Å²) in [5.74, 6) is 0.734. The molecule has 3 amide bonds. The Morgan fingerprint density at radius 3 is 2.89 bits per heavy atom. The standard InChI is InChI=1S/C18H19ClN4O3S/c1-26-14-5-4-11(19)8-13(14)21-18(25)23-7-6-12-15(9-23)27-17(20-12)22-16(24)10-2-3-10/h4-5,8,10H,2-3,6-7,9H2,1H3,(H,21,25)(H,20,22,24). The van der Waals surface area contributed by atoms with E-state index in [2.05, 4.69) is 15.6 Å². The minimum Gasteiger partial charge on any atom is -0.495 e. The van der Waals surface area contributed by atoms with E-state index in [0.717, 1.165) is 23.4 Å². The van der Waals surface area contributed by atoms with Gasteiger partial charge >= 0.3 is 6.03 Å². The van der Waals surface area contributed by atoms with Crippen molar-refractivity contribution in [1.82, 2.24) is 9.88 Å². The van der Waals surface area contributed by atoms with Gasteiger partial charge in [0.1, 0.15) is 5.75 Å². The number of aromatic nitrogens is 1. The highest BCUT2D eigenvalue weighted by Gasteiger charge is 2.31. The van der Waals surface area contributed by atoms with E-state index in [1.165, 1.54) is 11.3 Å². The largest absolute Gasteiger partial charge is 0.495 e. The first-order valence-corrected chi connectivity index (χ1v) is 9.92. The van der Waals surface area contributed by atoms with Crippen molar-refractivity contribution in [1.29, 1.82) is 0 Å². The molecular formula is C18H19ClN4O3S. The Morgan fingerprint density at radius 2 is 2.15 bits per heavy atom. The summed E-state index contributed by atoms with van der Waals surface area (Å²) >= 11 is 7.46. The lowest BCUT2D eigenvalue weighted by Crippen LogP contribution is -2.38. The molecule has 1 aliphatic heterocycles. The van der Waals surface area contributed by atoms with Gasteiger partial charge in [0.25, 0.3) is 0 Å². The molecule has 1 aliphatic carbocycles. The van der Waals surface area contributed by atoms with E-state index in [-0.39, 0.29) is 17.9 Å². The SMILES string of the molecule is COc1ccc(Cl)cc1NC(=O)N1CCc2nc(NC(=O)C3CC3)sc2C1. The Kier molecular flexibility index (Phi) is 4.92. The summed E-state index contributed by atoms with van der Waals surface area (Å²) in [5.41, 5.74) is 1.48. The normalized spacial score (nSPS) is 15.9. The number of hydrogen-bond acceptors (Lipinski definition) is 5. The van der Waals surface area contributed by atoms with Crippen LogP contribution in [-0.4, -0.2) is 35.5 Å². The summed E-state index contributed by atoms with van der Waals surface area (Å²) in [6.45, 7) is 1.02. The smallest absolute Gasteiger partial charge is 0.322 e. The molecule has 2 N–H and O–H groups in total. The number of ether oxygens (including phenoxy) is 1. The van der Waals surface area contributed by atoms with Gasteiger partial charge < -0.3 is 20.3 Å². The molecule has 1 aromatic carbocycles. The summed E-state index contributed by atoms with van der Waals surface area (Å²) < 4.78 is 5.27. The molecule has 1 saturated carbocycles. The molecule has 0 unspecified atom stereocenters. The summed E-state index contributed by atoms with van der Waals surface area (Å²) in [5, 5.41) is 6.88. The molecule has 2 heterocycles. The fraction of sp³-hybridized carbons (Fsp3) is 0.389. The molecule has 1 aromatic heterocycles. The Labute approximate surface area is 165 Å². The van der Waals surface area contributed by atoms with Crippen molar-refractivity contribution in [2.24, 2.45) is 5.92 Å². The molecule has 7 nitrogen and oxygen atoms in total. The number of urea groups is 1. The Balaban J connectivity index is 1.43. The third kappa shape index (κ3) is 4.01. The Bertz CT molecular complexity index is 897. The number of nitrogens with zero attached hydrogens (tertiary/aromatic N) is 2. The maximum Gasteiger partial charge on any atom is 0.322 e. The quantitative estimate of drug-likeness (QED) is 0.810. The molecular weight excluding hydrogens is 388 g/mol. The maximum atomic E-state index is 12.7. The molecule has 1 fully saturated rings. The van der Waals surface area contributed by atoms with Crippen LogP contribution < -0.4 is 15.4 Å². The van der Waals surface area contributed by atoms with Gasteiger partial charge in [-0.05, 0) is 31.0 Å². The Hall–Kier alpha value is -2.32. The highest BCUT2D eigenvalue weighted by atomic mass is 35.5. The van der Waals surface area contributed by atoms with Crippen LogP contribution in [0.1, 0.15) is 23.4 Å². The fourth-order valence-corrected chi connectivity index (χ4v) is 4.15. The molecule has 0 spiro atoms. The van der Waals surface area contributed by atoms with E-state index >= 15 is 0 Å². The highest BCUT2D eigenvalue weighted by Crippen LogP contribution is 2.33. The number of rotatable bonds is 4. The number of anilines is 2. The molecule has 0 saturated heterocycles. The van der Waals surface area contributed by atoms with Crippen molar-refractivity contribution in [2.45, 2.75) is 25.8 Å². The van der Waals surface area contributed by atoms with Crippen LogP contribution in [0.3, 0.4) is 0 Å². The average molecular weight is 407 g/mol. The third-order valence-corrected chi connectivity index (χ3v) is 5.83. The van der Waals surface area contributed by atoms with Crippen molar-refractivity contribution >= 4 is 45.7 Å². The van der Waals surface area contributed by atoms with Crippen molar-refractivity contribution in [2.75, 3.05) is 24.3 Å². The third-order valence-electron chi connectivity index (χ3n) is 4.60. The second-order valence-electron chi connectivity index (χ2n) is 6.60. The number of thiazole rings is 1. The number of halogens is 1. The number of carbonyl (C=O) groups is 2. The van der Waals surface area contributed by atoms with Crippen LogP contribution >= 0.6 is 22.9 Å². The first kappa shape index (κ1) is 18.1. The lowest BCUT2D eigenvalue weighted by Gasteiger charge is -2.26. The van der Waals surface area contributed by atoms with E-state index in [1.807, 2.05) is 0 Å². The topological polar surface area (TPSA) is 83.6 Å². The van der Waals surface area contributed by atoms with Gasteiger partial charge in [0, 0.05) is 28.8 Å². The van der Waals surface area contributed by atoms with E-state index in [4.69, 9.17) is 16.3 Å². The van der Waals surface area contributed by atoms with E-state index in [0.29, 0.717) is 41.1 Å². The van der Waals surface area contributed by atoms with Crippen molar-refractivity contribution in [3.8, 4) is 5.75 Å². The first-order valence-electron chi connectivity index (χ1n) is 8.72. The first-order chi connectivity index (χ1) is 13.0. The van der Waals surface area contributed by atoms with Gasteiger partial charge in [-0.2, -0.15) is 0 Å². The molecule has 0 bridgehead atoms. The summed E-state index contributed by atoms with van der Waals surface area (Å²) in [6, 6.07) is 4.85. The van der Waals surface area contributed by atoms with Gasteiger partial charge in [0.15, 0.2) is 5.13 Å². The molecule has 2 aromatic rings. The van der Waals surface area contributed by atoms with E-state index in [9.17, 15) is 9.59 Å². The predicted molar refractivity (Wildman–Crippen MR) is 105 cm³/mol. The second kappa shape index (κ2) is 7.36. The van der Waals surface area contributed by atoms with Crippen molar-refractivity contribution in [3.63, 3.8) is 0 Å². The molecule has 142 valence electrons. The van der Waals surface area contributed by atoms with Gasteiger partial charge in [-0.3, -0.25) is 4.79 Å². The number of hydrogen-bond donors (Lipinski definition) is 2. The molecule has 4 rings (SSSR count). The van der Waals surface area contributed by atoms with Crippen LogP contribution in [0.5, 0.6) is 5.75 Å². The van der Waals surface area contributed by atoms with E-state index in [1.54, 1.807) is 30.2 Å². The maximum absolute atomic E-state index is 12.7. The number of amides is 3. The molecule has 2 aliphatic rings. The predicted octanol–water partition coefficient (Wildman–Crippen LogP) is 3.74. The lowest BCUT2D eigenvalue weighted by atomic mass is 10.2. The molecule has 9 heteroatoms. The summed E-state index contributed by atoms with van der Waals surface area (Å²) in [6.07, 6.45) is 2.57. The van der Waals surface area contributed by atoms with Crippen molar-refractivity contribution < 1.29 is 14.3 Å². The summed E-state index contributed by atoms with van der Waals surface area (Å²) in [7, 11) is 1.54. The van der Waals surface area contributed by atoms with Gasteiger partial charge in [0.05, 0.1) is 25.0 Å². The number of nitrogens with one attached hydrogen (secondary N) is 2. The minimum atomic E-state index is -0.224. The lowest BCUT2D eigenvalue weighted by molar-refractivity contribution is -0.117. The van der Waals surface area contributed by atoms with Crippen LogP contribution in [-0.2, 0) is 17.8 Å². The van der Waals surface area contributed by atoms with Gasteiger partial charge in [-0.1, -0.05) is 22.9 Å². The number of fused-ring (bicyclic) bond motifs is 1. The zero-order valence-corrected chi connectivity index (χ0v) is 16.3. The number of benzene rings is 1. The van der Waals surface area contributed by atoms with Crippen LogP contribution in [0.2, 0.25) is 5.02 Å². The Morgan fingerprint density at radius 1 is 1.33 bits per heavy atom. The zero-order chi connectivity index (χ0) is 19.0. The van der Waals surface area contributed by atoms with Gasteiger partial charge in [-0.25, -0.2) is 9.78 Å². The van der Waals surface area contributed by atoms with E-state index < -0.39 is 0 Å². The van der Waals surface area contributed by atoms with Crippen LogP contribution in [0, 0.1) is 5.92 Å². The van der Waals surface area contributed by atoms with Crippen LogP contribution in [0.25, 0.3) is 0 Å². The second-order valence-corrected chi connectivity index (χ2v) is 8.12. The highest BCUT2D eigenvalue weighted by molar-refractivity contribution is 7.15. The van der Waals surface area contributed by atoms with Crippen molar-refractivity contribution in [3.05, 3.63) is 33.8 Å². The molecule has 0 atom stereocenters. The van der Waals surface area contributed by atoms with Crippen LogP contribution in [0.15, 0.2) is 18.2 Å². The molecule has 0 radical (unpaired) electrons. The summed E-state index contributed by atoms with van der Waals surface area (Å²) in [4.78, 5) is 31.8. The van der Waals surface area contributed by atoms with Gasteiger partial charge in [-0.15, -0.1) is 0 Å². The number of methoxy groups -OCH3 is 1. The fourth-order valence-electron chi connectivity index (χ4n) is 2.95. The minimum absolute atomic E-state index is 0.0451. The van der Waals surface area contributed by atoms with Gasteiger partial charge in [0.2, 0.25) is 5.91 Å². The van der Waals surface area contributed by atoms with Crippen LogP contribution in [0.4, 0.5) is 15.6 Å². The zero-order valence-electron chi connectivity index (χ0n) is 14.8. The number of carbonyl (C=O) groups excluding carboxylic acids is 2. The average Bonchev–Trinajstić information content (AvgIpc) is 3.42.